The Bertz CT molecular complexity index is 378. The van der Waals surface area contributed by atoms with Crippen LogP contribution in [0.1, 0.15) is 45.0 Å². The van der Waals surface area contributed by atoms with Gasteiger partial charge < -0.3 is 5.32 Å². The summed E-state index contributed by atoms with van der Waals surface area (Å²) in [5.41, 5.74) is 1.18. The van der Waals surface area contributed by atoms with E-state index in [2.05, 4.69) is 43.0 Å². The molecule has 4 heteroatoms. The van der Waals surface area contributed by atoms with Crippen LogP contribution in [0.5, 0.6) is 0 Å². The van der Waals surface area contributed by atoms with Gasteiger partial charge in [0, 0.05) is 12.1 Å². The summed E-state index contributed by atoms with van der Waals surface area (Å²) < 4.78 is 0. The highest BCUT2D eigenvalue weighted by Gasteiger charge is 2.09. The van der Waals surface area contributed by atoms with Crippen molar-refractivity contribution in [2.75, 3.05) is 17.6 Å². The third-order valence-electron chi connectivity index (χ3n) is 2.69. The SMILES string of the molecule is CCCNc1nc(C)nc(SCCC(C)C)c1C. The molecule has 1 heterocycles. The standard InChI is InChI=1S/C14H25N3S/c1-6-8-15-13-11(4)14(17-12(5)16-13)18-9-7-10(2)3/h10H,6-9H2,1-5H3,(H,15,16,17). The van der Waals surface area contributed by atoms with Crippen molar-refractivity contribution in [3.8, 4) is 0 Å². The lowest BCUT2D eigenvalue weighted by atomic mass is 10.2. The average Bonchev–Trinajstić information content (AvgIpc) is 2.30. The molecular weight excluding hydrogens is 242 g/mol. The Morgan fingerprint density at radius 2 is 1.94 bits per heavy atom. The van der Waals surface area contributed by atoms with Gasteiger partial charge in [0.15, 0.2) is 0 Å². The van der Waals surface area contributed by atoms with Gasteiger partial charge in [-0.3, -0.25) is 0 Å². The molecule has 18 heavy (non-hydrogen) atoms. The van der Waals surface area contributed by atoms with Crippen LogP contribution in [-0.4, -0.2) is 22.3 Å². The van der Waals surface area contributed by atoms with E-state index in [1.54, 1.807) is 0 Å². The van der Waals surface area contributed by atoms with Crippen LogP contribution < -0.4 is 5.32 Å². The second-order valence-electron chi connectivity index (χ2n) is 5.01. The Kier molecular flexibility index (Phi) is 6.47. The van der Waals surface area contributed by atoms with Crippen molar-refractivity contribution in [3.05, 3.63) is 11.4 Å². The van der Waals surface area contributed by atoms with Crippen molar-refractivity contribution in [2.24, 2.45) is 5.92 Å². The zero-order chi connectivity index (χ0) is 13.5. The Hall–Kier alpha value is -0.770. The molecule has 0 saturated carbocycles. The number of aromatic nitrogens is 2. The van der Waals surface area contributed by atoms with Gasteiger partial charge in [-0.05, 0) is 38.4 Å². The van der Waals surface area contributed by atoms with Crippen molar-refractivity contribution in [2.45, 2.75) is 52.5 Å². The second kappa shape index (κ2) is 7.62. The number of nitrogens with one attached hydrogen (secondary N) is 1. The number of thioether (sulfide) groups is 1. The highest BCUT2D eigenvalue weighted by molar-refractivity contribution is 7.99. The van der Waals surface area contributed by atoms with E-state index < -0.39 is 0 Å². The maximum absolute atomic E-state index is 4.55. The lowest BCUT2D eigenvalue weighted by Gasteiger charge is -2.12. The van der Waals surface area contributed by atoms with Gasteiger partial charge in [-0.2, -0.15) is 0 Å². The highest BCUT2D eigenvalue weighted by Crippen LogP contribution is 2.26. The van der Waals surface area contributed by atoms with E-state index in [1.165, 1.54) is 12.0 Å². The molecule has 1 aromatic heterocycles. The van der Waals surface area contributed by atoms with Crippen LogP contribution in [0.15, 0.2) is 5.03 Å². The first-order valence-electron chi connectivity index (χ1n) is 6.76. The minimum atomic E-state index is 0.749. The average molecular weight is 267 g/mol. The zero-order valence-corrected chi connectivity index (χ0v) is 13.0. The first-order valence-corrected chi connectivity index (χ1v) is 7.75. The predicted octanol–water partition coefficient (Wildman–Crippen LogP) is 4.05. The molecule has 0 aliphatic heterocycles. The second-order valence-corrected chi connectivity index (χ2v) is 6.09. The number of anilines is 1. The summed E-state index contributed by atoms with van der Waals surface area (Å²) in [5, 5.41) is 4.51. The summed E-state index contributed by atoms with van der Waals surface area (Å²) in [7, 11) is 0. The Balaban J connectivity index is 2.74. The van der Waals surface area contributed by atoms with Gasteiger partial charge in [-0.15, -0.1) is 11.8 Å². The number of hydrogen-bond acceptors (Lipinski definition) is 4. The largest absolute Gasteiger partial charge is 0.370 e. The summed E-state index contributed by atoms with van der Waals surface area (Å²) in [6.07, 6.45) is 2.34. The van der Waals surface area contributed by atoms with Crippen LogP contribution in [0.4, 0.5) is 5.82 Å². The molecule has 0 saturated heterocycles. The van der Waals surface area contributed by atoms with Crippen LogP contribution in [0.2, 0.25) is 0 Å². The predicted molar refractivity (Wildman–Crippen MR) is 80.5 cm³/mol. The Morgan fingerprint density at radius 3 is 2.56 bits per heavy atom. The molecule has 1 N–H and O–H groups in total. The number of aryl methyl sites for hydroxylation is 1. The van der Waals surface area contributed by atoms with E-state index in [4.69, 9.17) is 0 Å². The molecule has 0 aliphatic rings. The maximum Gasteiger partial charge on any atom is 0.133 e. The maximum atomic E-state index is 4.55. The molecule has 1 aromatic rings. The van der Waals surface area contributed by atoms with E-state index in [0.29, 0.717) is 0 Å². The smallest absolute Gasteiger partial charge is 0.133 e. The third-order valence-corrected chi connectivity index (χ3v) is 3.80. The van der Waals surface area contributed by atoms with Crippen molar-refractivity contribution >= 4 is 17.6 Å². The number of hydrogen-bond donors (Lipinski definition) is 1. The first kappa shape index (κ1) is 15.3. The minimum absolute atomic E-state index is 0.749. The fraction of sp³-hybridized carbons (Fsp3) is 0.714. The monoisotopic (exact) mass is 267 g/mol. The quantitative estimate of drug-likeness (QED) is 0.597. The van der Waals surface area contributed by atoms with Gasteiger partial charge in [0.2, 0.25) is 0 Å². The fourth-order valence-corrected chi connectivity index (χ4v) is 2.84. The molecule has 0 aliphatic carbocycles. The van der Waals surface area contributed by atoms with Crippen LogP contribution >= 0.6 is 11.8 Å². The van der Waals surface area contributed by atoms with E-state index in [0.717, 1.165) is 41.3 Å². The van der Waals surface area contributed by atoms with Crippen molar-refractivity contribution in [1.82, 2.24) is 9.97 Å². The van der Waals surface area contributed by atoms with Crippen molar-refractivity contribution in [3.63, 3.8) is 0 Å². The third kappa shape index (κ3) is 4.84. The van der Waals surface area contributed by atoms with Gasteiger partial charge in [0.1, 0.15) is 16.7 Å². The fourth-order valence-electron chi connectivity index (χ4n) is 1.55. The van der Waals surface area contributed by atoms with E-state index >= 15 is 0 Å². The van der Waals surface area contributed by atoms with E-state index in [-0.39, 0.29) is 0 Å². The van der Waals surface area contributed by atoms with Crippen LogP contribution in [0.25, 0.3) is 0 Å². The lowest BCUT2D eigenvalue weighted by Crippen LogP contribution is -2.07. The molecule has 0 unspecified atom stereocenters. The summed E-state index contributed by atoms with van der Waals surface area (Å²) in [6, 6.07) is 0. The van der Waals surface area contributed by atoms with Gasteiger partial charge in [-0.25, -0.2) is 9.97 Å². The summed E-state index contributed by atoms with van der Waals surface area (Å²) in [4.78, 5) is 9.03. The molecule has 1 rings (SSSR count). The molecule has 0 radical (unpaired) electrons. The molecule has 0 amide bonds. The molecule has 102 valence electrons. The van der Waals surface area contributed by atoms with Crippen LogP contribution in [0.3, 0.4) is 0 Å². The molecule has 0 atom stereocenters. The molecule has 0 aromatic carbocycles. The van der Waals surface area contributed by atoms with E-state index in [1.807, 2.05) is 18.7 Å². The van der Waals surface area contributed by atoms with Crippen LogP contribution in [0, 0.1) is 19.8 Å². The topological polar surface area (TPSA) is 37.8 Å². The van der Waals surface area contributed by atoms with Gasteiger partial charge in [-0.1, -0.05) is 20.8 Å². The van der Waals surface area contributed by atoms with Gasteiger partial charge >= 0.3 is 0 Å². The van der Waals surface area contributed by atoms with Gasteiger partial charge in [0.25, 0.3) is 0 Å². The zero-order valence-electron chi connectivity index (χ0n) is 12.2. The van der Waals surface area contributed by atoms with Crippen LogP contribution in [-0.2, 0) is 0 Å². The molecular formula is C14H25N3S. The molecule has 0 fully saturated rings. The van der Waals surface area contributed by atoms with Crippen molar-refractivity contribution < 1.29 is 0 Å². The summed E-state index contributed by atoms with van der Waals surface area (Å²) in [6.45, 7) is 11.7. The highest BCUT2D eigenvalue weighted by atomic mass is 32.2. The van der Waals surface area contributed by atoms with Gasteiger partial charge in [0.05, 0.1) is 0 Å². The van der Waals surface area contributed by atoms with E-state index in [9.17, 15) is 0 Å². The minimum Gasteiger partial charge on any atom is -0.370 e. The summed E-state index contributed by atoms with van der Waals surface area (Å²) >= 11 is 1.85. The lowest BCUT2D eigenvalue weighted by molar-refractivity contribution is 0.631. The number of rotatable bonds is 7. The number of nitrogens with zero attached hydrogens (tertiary/aromatic N) is 2. The summed E-state index contributed by atoms with van der Waals surface area (Å²) in [5.74, 6) is 3.73. The Labute approximate surface area is 115 Å². The molecule has 0 spiro atoms. The van der Waals surface area contributed by atoms with Crippen molar-refractivity contribution in [1.29, 1.82) is 0 Å². The molecule has 3 nitrogen and oxygen atoms in total. The normalized spacial score (nSPS) is 11.0. The Morgan fingerprint density at radius 1 is 1.22 bits per heavy atom. The molecule has 0 bridgehead atoms. The first-order chi connectivity index (χ1) is 8.54.